The molecule has 0 aromatic heterocycles. The molecule has 2 unspecified atom stereocenters. The van der Waals surface area contributed by atoms with Crippen LogP contribution in [0.25, 0.3) is 11.1 Å². The van der Waals surface area contributed by atoms with Crippen molar-refractivity contribution in [3.8, 4) is 11.1 Å². The summed E-state index contributed by atoms with van der Waals surface area (Å²) < 4.78 is 5.64. The maximum atomic E-state index is 13.0. The van der Waals surface area contributed by atoms with Crippen molar-refractivity contribution in [1.29, 1.82) is 0 Å². The zero-order valence-electron chi connectivity index (χ0n) is 20.0. The molecule has 7 nitrogen and oxygen atoms in total. The topological polar surface area (TPSA) is 95.9 Å². The minimum atomic E-state index is -0.981. The number of alkyl carbamates (subject to hydrolysis) is 1. The number of nitrogens with zero attached hydrogens (tertiary/aromatic N) is 1. The highest BCUT2D eigenvalue weighted by Crippen LogP contribution is 2.44. The maximum absolute atomic E-state index is 13.0. The normalized spacial score (nSPS) is 18.2. The summed E-state index contributed by atoms with van der Waals surface area (Å²) >= 11 is 0. The van der Waals surface area contributed by atoms with E-state index < -0.39 is 18.1 Å². The van der Waals surface area contributed by atoms with Gasteiger partial charge >= 0.3 is 12.1 Å². The van der Waals surface area contributed by atoms with Crippen LogP contribution < -0.4 is 5.32 Å². The number of ether oxygens (including phenoxy) is 1. The van der Waals surface area contributed by atoms with Crippen molar-refractivity contribution in [3.63, 3.8) is 0 Å². The number of carbonyl (C=O) groups excluding carboxylic acids is 2. The second kappa shape index (κ2) is 9.72. The Kier molecular flexibility index (Phi) is 6.50. The summed E-state index contributed by atoms with van der Waals surface area (Å²) in [5.74, 6) is -0.739. The predicted molar refractivity (Wildman–Crippen MR) is 131 cm³/mol. The second-order valence-electron chi connectivity index (χ2n) is 10.1. The number of hydrogen-bond donors (Lipinski definition) is 2. The van der Waals surface area contributed by atoms with Gasteiger partial charge in [0.05, 0.1) is 0 Å². The summed E-state index contributed by atoms with van der Waals surface area (Å²) in [6.45, 7) is 2.17. The molecule has 184 valence electrons. The molecule has 2 atom stereocenters. The van der Waals surface area contributed by atoms with Gasteiger partial charge in [0, 0.05) is 24.9 Å². The summed E-state index contributed by atoms with van der Waals surface area (Å²) in [5, 5.41) is 12.3. The average Bonchev–Trinajstić information content (AvgIpc) is 3.78. The Hall–Kier alpha value is -3.35. The first kappa shape index (κ1) is 23.4. The van der Waals surface area contributed by atoms with E-state index in [1.165, 1.54) is 16.0 Å². The molecular formula is C28H32N2O5. The molecule has 0 radical (unpaired) electrons. The fourth-order valence-electron chi connectivity index (χ4n) is 5.37. The van der Waals surface area contributed by atoms with E-state index in [0.717, 1.165) is 36.8 Å². The smallest absolute Gasteiger partial charge is 0.407 e. The molecule has 0 heterocycles. The molecule has 0 spiro atoms. The number of nitrogens with one attached hydrogen (secondary N) is 1. The molecule has 2 aromatic rings. The predicted octanol–water partition coefficient (Wildman–Crippen LogP) is 4.41. The van der Waals surface area contributed by atoms with E-state index in [9.17, 15) is 19.5 Å². The molecule has 3 aliphatic rings. The summed E-state index contributed by atoms with van der Waals surface area (Å²) in [6, 6.07) is 15.6. The van der Waals surface area contributed by atoms with E-state index in [1.54, 1.807) is 6.92 Å². The maximum Gasteiger partial charge on any atom is 0.407 e. The molecule has 7 heteroatoms. The van der Waals surface area contributed by atoms with Gasteiger partial charge in [0.2, 0.25) is 5.91 Å². The van der Waals surface area contributed by atoms with Gasteiger partial charge in [0.25, 0.3) is 0 Å². The first-order chi connectivity index (χ1) is 16.9. The summed E-state index contributed by atoms with van der Waals surface area (Å²) in [7, 11) is 0. The zero-order chi connectivity index (χ0) is 24.5. The largest absolute Gasteiger partial charge is 0.480 e. The lowest BCUT2D eigenvalue weighted by Gasteiger charge is -2.28. The van der Waals surface area contributed by atoms with Crippen molar-refractivity contribution in [2.45, 2.75) is 57.0 Å². The molecule has 0 bridgehead atoms. The molecule has 2 amide bonds. The molecule has 0 saturated heterocycles. The fourth-order valence-corrected chi connectivity index (χ4v) is 5.37. The Morgan fingerprint density at radius 2 is 1.60 bits per heavy atom. The standard InChI is InChI=1S/C28H32N2O5/c1-17(27(32)33)30(20-12-13-20)26(31)14-19(18-10-11-18)15-29-28(34)35-16-25-23-8-4-2-6-21(23)22-7-3-5-9-24(22)25/h2-9,17-20,25H,10-16H2,1H3,(H,29,34)(H,32,33). The van der Waals surface area contributed by atoms with Gasteiger partial charge in [-0.05, 0) is 66.7 Å². The number of hydrogen-bond acceptors (Lipinski definition) is 4. The Bertz CT molecular complexity index is 1080. The van der Waals surface area contributed by atoms with E-state index in [2.05, 4.69) is 29.6 Å². The highest BCUT2D eigenvalue weighted by Gasteiger charge is 2.41. The lowest BCUT2D eigenvalue weighted by Crippen LogP contribution is -2.46. The molecule has 2 saturated carbocycles. The molecule has 3 aliphatic carbocycles. The van der Waals surface area contributed by atoms with Crippen LogP contribution in [0.1, 0.15) is 56.1 Å². The quantitative estimate of drug-likeness (QED) is 0.530. The number of aliphatic carboxylic acids is 1. The SMILES string of the molecule is CC(C(=O)O)N(C(=O)CC(CNC(=O)OCC1c2ccccc2-c2ccccc21)C1CC1)C1CC1. The highest BCUT2D eigenvalue weighted by atomic mass is 16.5. The van der Waals surface area contributed by atoms with E-state index >= 15 is 0 Å². The van der Waals surface area contributed by atoms with Gasteiger partial charge in [-0.25, -0.2) is 9.59 Å². The minimum absolute atomic E-state index is 0.00133. The Balaban J connectivity index is 1.17. The fraction of sp³-hybridized carbons (Fsp3) is 0.464. The Morgan fingerprint density at radius 1 is 1.00 bits per heavy atom. The molecule has 2 fully saturated rings. The van der Waals surface area contributed by atoms with Crippen molar-refractivity contribution in [3.05, 3.63) is 59.7 Å². The monoisotopic (exact) mass is 476 g/mol. The lowest BCUT2D eigenvalue weighted by atomic mass is 9.98. The minimum Gasteiger partial charge on any atom is -0.480 e. The van der Waals surface area contributed by atoms with Gasteiger partial charge in [0.15, 0.2) is 0 Å². The zero-order valence-corrected chi connectivity index (χ0v) is 20.0. The van der Waals surface area contributed by atoms with Crippen LogP contribution in [0.3, 0.4) is 0 Å². The van der Waals surface area contributed by atoms with Gasteiger partial charge in [-0.3, -0.25) is 4.79 Å². The number of carbonyl (C=O) groups is 3. The third-order valence-corrected chi connectivity index (χ3v) is 7.58. The van der Waals surface area contributed by atoms with Crippen LogP contribution in [0.2, 0.25) is 0 Å². The number of carboxylic acid groups (broad SMARTS) is 1. The Morgan fingerprint density at radius 3 is 2.14 bits per heavy atom. The van der Waals surface area contributed by atoms with Gasteiger partial charge < -0.3 is 20.1 Å². The second-order valence-corrected chi connectivity index (χ2v) is 10.1. The van der Waals surface area contributed by atoms with Crippen LogP contribution >= 0.6 is 0 Å². The van der Waals surface area contributed by atoms with Crippen LogP contribution in [0.4, 0.5) is 4.79 Å². The van der Waals surface area contributed by atoms with E-state index in [0.29, 0.717) is 12.5 Å². The van der Waals surface area contributed by atoms with E-state index in [4.69, 9.17) is 4.74 Å². The van der Waals surface area contributed by atoms with E-state index in [1.807, 2.05) is 24.3 Å². The molecule has 35 heavy (non-hydrogen) atoms. The first-order valence-corrected chi connectivity index (χ1v) is 12.6. The van der Waals surface area contributed by atoms with Crippen LogP contribution in [0, 0.1) is 11.8 Å². The number of carboxylic acids is 1. The van der Waals surface area contributed by atoms with Crippen LogP contribution in [-0.2, 0) is 14.3 Å². The average molecular weight is 477 g/mol. The van der Waals surface area contributed by atoms with Crippen LogP contribution in [0.5, 0.6) is 0 Å². The van der Waals surface area contributed by atoms with E-state index in [-0.39, 0.29) is 36.8 Å². The van der Waals surface area contributed by atoms with Crippen LogP contribution in [0.15, 0.2) is 48.5 Å². The number of benzene rings is 2. The first-order valence-electron chi connectivity index (χ1n) is 12.6. The summed E-state index contributed by atoms with van der Waals surface area (Å²) in [5.41, 5.74) is 4.69. The van der Waals surface area contributed by atoms with Gasteiger partial charge in [-0.15, -0.1) is 0 Å². The number of rotatable bonds is 10. The lowest BCUT2D eigenvalue weighted by molar-refractivity contribution is -0.150. The number of amides is 2. The highest BCUT2D eigenvalue weighted by molar-refractivity contribution is 5.84. The van der Waals surface area contributed by atoms with Gasteiger partial charge in [-0.2, -0.15) is 0 Å². The van der Waals surface area contributed by atoms with Crippen molar-refractivity contribution >= 4 is 18.0 Å². The van der Waals surface area contributed by atoms with Crippen LogP contribution in [-0.4, -0.2) is 53.2 Å². The summed E-state index contributed by atoms with van der Waals surface area (Å²) in [4.78, 5) is 38.6. The van der Waals surface area contributed by atoms with Crippen molar-refractivity contribution in [2.24, 2.45) is 11.8 Å². The number of fused-ring (bicyclic) bond motifs is 3. The molecule has 2 aromatic carbocycles. The molecular weight excluding hydrogens is 444 g/mol. The van der Waals surface area contributed by atoms with Gasteiger partial charge in [0.1, 0.15) is 12.6 Å². The van der Waals surface area contributed by atoms with Crippen molar-refractivity contribution in [1.82, 2.24) is 10.2 Å². The third kappa shape index (κ3) is 5.04. The third-order valence-electron chi connectivity index (χ3n) is 7.58. The van der Waals surface area contributed by atoms with Crippen molar-refractivity contribution < 1.29 is 24.2 Å². The van der Waals surface area contributed by atoms with Gasteiger partial charge in [-0.1, -0.05) is 48.5 Å². The molecule has 5 rings (SSSR count). The molecule has 2 N–H and O–H groups in total. The Labute approximate surface area is 205 Å². The molecule has 0 aliphatic heterocycles. The van der Waals surface area contributed by atoms with Crippen molar-refractivity contribution in [2.75, 3.05) is 13.2 Å². The summed E-state index contributed by atoms with van der Waals surface area (Å²) in [6.07, 6.45) is 3.54.